The first-order valence-electron chi connectivity index (χ1n) is 12.6. The molecule has 6 nitrogen and oxygen atoms in total. The summed E-state index contributed by atoms with van der Waals surface area (Å²) < 4.78 is 11.6. The van der Waals surface area contributed by atoms with Gasteiger partial charge in [0.25, 0.3) is 0 Å². The molecule has 4 rings (SSSR count). The molecule has 4 aromatic rings. The first kappa shape index (κ1) is 27.2. The van der Waals surface area contributed by atoms with Crippen molar-refractivity contribution in [2.24, 2.45) is 4.99 Å². The summed E-state index contributed by atoms with van der Waals surface area (Å²) in [5.74, 6) is -0.684. The topological polar surface area (TPSA) is 68.8 Å². The van der Waals surface area contributed by atoms with Gasteiger partial charge in [-0.1, -0.05) is 48.6 Å². The zero-order chi connectivity index (χ0) is 27.6. The Bertz CT molecular complexity index is 1490. The number of benzene rings is 3. The number of rotatable bonds is 9. The zero-order valence-electron chi connectivity index (χ0n) is 22.3. The molecule has 0 aliphatic carbocycles. The van der Waals surface area contributed by atoms with Crippen molar-refractivity contribution in [1.29, 1.82) is 0 Å². The van der Waals surface area contributed by atoms with Gasteiger partial charge >= 0.3 is 11.9 Å². The molecule has 0 N–H and O–H groups in total. The van der Waals surface area contributed by atoms with Crippen molar-refractivity contribution < 1.29 is 23.6 Å². The summed E-state index contributed by atoms with van der Waals surface area (Å²) in [4.78, 5) is 27.9. The van der Waals surface area contributed by atoms with E-state index in [9.17, 15) is 9.59 Å². The van der Waals surface area contributed by atoms with Crippen LogP contribution >= 0.6 is 0 Å². The monoisotopic (exact) mass is 519 g/mol. The Labute approximate surface area is 228 Å². The predicted molar refractivity (Wildman–Crippen MR) is 153 cm³/mol. The van der Waals surface area contributed by atoms with E-state index in [2.05, 4.69) is 58.4 Å². The number of pyridine rings is 1. The molecule has 0 unspecified atom stereocenters. The number of allylic oxidation sites excluding steroid dienone is 1. The molecule has 0 atom stereocenters. The molecule has 196 valence electrons. The number of ether oxygens (including phenoxy) is 2. The molecule has 0 saturated heterocycles. The van der Waals surface area contributed by atoms with E-state index in [4.69, 9.17) is 9.47 Å². The Kier molecular flexibility index (Phi) is 9.14. The largest absolute Gasteiger partial charge is 0.465 e. The molecule has 3 aromatic carbocycles. The summed E-state index contributed by atoms with van der Waals surface area (Å²) in [6.07, 6.45) is 10.1. The Morgan fingerprint density at radius 1 is 0.744 bits per heavy atom. The van der Waals surface area contributed by atoms with E-state index in [-0.39, 0.29) is 11.9 Å². The second-order valence-electron chi connectivity index (χ2n) is 8.95. The fraction of sp³-hybridized carbons (Fsp3) is 0.152. The van der Waals surface area contributed by atoms with E-state index in [0.29, 0.717) is 24.2 Å². The van der Waals surface area contributed by atoms with Gasteiger partial charge in [0.05, 0.1) is 31.9 Å². The molecule has 0 aliphatic heterocycles. The van der Waals surface area contributed by atoms with Crippen molar-refractivity contribution in [1.82, 2.24) is 0 Å². The van der Waals surface area contributed by atoms with Gasteiger partial charge in [-0.15, -0.1) is 0 Å². The minimum absolute atomic E-state index is 0.335. The van der Waals surface area contributed by atoms with Crippen LogP contribution in [0.3, 0.4) is 0 Å². The van der Waals surface area contributed by atoms with Gasteiger partial charge in [-0.25, -0.2) is 14.2 Å². The third-order valence-electron chi connectivity index (χ3n) is 6.28. The van der Waals surface area contributed by atoms with Gasteiger partial charge in [0.15, 0.2) is 18.9 Å². The van der Waals surface area contributed by atoms with Crippen molar-refractivity contribution in [3.05, 3.63) is 131 Å². The molecule has 0 bridgehead atoms. The van der Waals surface area contributed by atoms with E-state index in [1.54, 1.807) is 24.3 Å². The van der Waals surface area contributed by atoms with Crippen molar-refractivity contribution in [2.75, 3.05) is 14.2 Å². The van der Waals surface area contributed by atoms with Crippen LogP contribution in [0.2, 0.25) is 0 Å². The van der Waals surface area contributed by atoms with Crippen molar-refractivity contribution in [3.8, 4) is 11.1 Å². The van der Waals surface area contributed by atoms with E-state index in [1.807, 2.05) is 43.5 Å². The van der Waals surface area contributed by atoms with Gasteiger partial charge in [-0.2, -0.15) is 0 Å². The number of esters is 2. The van der Waals surface area contributed by atoms with Crippen molar-refractivity contribution >= 4 is 24.2 Å². The molecule has 6 heteroatoms. The van der Waals surface area contributed by atoms with Gasteiger partial charge in [0.1, 0.15) is 0 Å². The first-order chi connectivity index (χ1) is 19.0. The lowest BCUT2D eigenvalue weighted by atomic mass is 10.00. The highest BCUT2D eigenvalue weighted by Crippen LogP contribution is 2.22. The molecule has 0 fully saturated rings. The fourth-order valence-electron chi connectivity index (χ4n) is 4.14. The van der Waals surface area contributed by atoms with Crippen LogP contribution in [0, 0.1) is 0 Å². The molecule has 0 saturated carbocycles. The lowest BCUT2D eigenvalue weighted by molar-refractivity contribution is -0.688. The summed E-state index contributed by atoms with van der Waals surface area (Å²) in [5, 5.41) is 0. The van der Waals surface area contributed by atoms with Crippen LogP contribution in [0.4, 0.5) is 0 Å². The zero-order valence-corrected chi connectivity index (χ0v) is 22.3. The maximum Gasteiger partial charge on any atom is 0.337 e. The molecule has 0 spiro atoms. The highest BCUT2D eigenvalue weighted by molar-refractivity contribution is 5.90. The quantitative estimate of drug-likeness (QED) is 0.157. The highest BCUT2D eigenvalue weighted by atomic mass is 16.5. The number of nitrogens with zero attached hydrogens (tertiary/aromatic N) is 2. The Hall–Kier alpha value is -4.84. The van der Waals surface area contributed by atoms with Crippen molar-refractivity contribution in [2.45, 2.75) is 20.0 Å². The highest BCUT2D eigenvalue weighted by Gasteiger charge is 2.09. The summed E-state index contributed by atoms with van der Waals surface area (Å²) in [6, 6.07) is 25.3. The average molecular weight is 520 g/mol. The lowest BCUT2D eigenvalue weighted by Gasteiger charge is -2.07. The second-order valence-corrected chi connectivity index (χ2v) is 8.95. The maximum atomic E-state index is 11.6. The number of carbonyl (C=O) groups is 2. The van der Waals surface area contributed by atoms with Crippen LogP contribution in [-0.2, 0) is 22.6 Å². The van der Waals surface area contributed by atoms with E-state index >= 15 is 0 Å². The lowest BCUT2D eigenvalue weighted by Crippen LogP contribution is -2.33. The van der Waals surface area contributed by atoms with Gasteiger partial charge in [0.2, 0.25) is 0 Å². The van der Waals surface area contributed by atoms with Crippen LogP contribution in [0.1, 0.15) is 49.9 Å². The molecule has 0 radical (unpaired) electrons. The normalized spacial score (nSPS) is 11.2. The van der Waals surface area contributed by atoms with Crippen LogP contribution < -0.4 is 4.57 Å². The van der Waals surface area contributed by atoms with Crippen LogP contribution in [0.15, 0.2) is 102 Å². The van der Waals surface area contributed by atoms with Gasteiger partial charge < -0.3 is 9.47 Å². The first-order valence-corrected chi connectivity index (χ1v) is 12.6. The molecule has 0 amide bonds. The smallest absolute Gasteiger partial charge is 0.337 e. The Morgan fingerprint density at radius 2 is 1.33 bits per heavy atom. The summed E-state index contributed by atoms with van der Waals surface area (Å²) in [5.41, 5.74) is 7.48. The summed E-state index contributed by atoms with van der Waals surface area (Å²) in [6.45, 7) is 3.20. The SMILES string of the molecule is C/C=C\c1ccc(-c2cc[n+](Cc3ccc(C(=O)OC)cc3)cc2)cc1C=NCc1ccc(C(=O)OC)cc1. The molecule has 39 heavy (non-hydrogen) atoms. The van der Waals surface area contributed by atoms with Gasteiger partial charge in [-0.3, -0.25) is 4.99 Å². The number of carbonyl (C=O) groups excluding carboxylic acids is 2. The second kappa shape index (κ2) is 13.1. The van der Waals surface area contributed by atoms with Gasteiger partial charge in [0, 0.05) is 29.5 Å². The standard InChI is InChI=1S/C33H31N2O4/c1-4-5-26-14-15-30(20-31(26)22-34-21-24-6-10-28(11-7-24)32(36)38-2)27-16-18-35(19-17-27)23-25-8-12-29(13-9-25)33(37)39-3/h4-20,22H,21,23H2,1-3H3/q+1/b5-4-,34-22?. The number of methoxy groups -OCH3 is 2. The molecular weight excluding hydrogens is 488 g/mol. The summed E-state index contributed by atoms with van der Waals surface area (Å²) in [7, 11) is 2.75. The molecule has 0 aliphatic rings. The number of hydrogen-bond acceptors (Lipinski definition) is 5. The maximum absolute atomic E-state index is 11.6. The van der Waals surface area contributed by atoms with Crippen LogP contribution in [0.25, 0.3) is 17.2 Å². The van der Waals surface area contributed by atoms with E-state index in [1.165, 1.54) is 14.2 Å². The van der Waals surface area contributed by atoms with Crippen molar-refractivity contribution in [3.63, 3.8) is 0 Å². The number of hydrogen-bond donors (Lipinski definition) is 0. The minimum atomic E-state index is -0.349. The average Bonchev–Trinajstić information content (AvgIpc) is 2.98. The fourth-order valence-corrected chi connectivity index (χ4v) is 4.14. The predicted octanol–water partition coefficient (Wildman–Crippen LogP) is 5.91. The van der Waals surface area contributed by atoms with E-state index in [0.717, 1.165) is 33.4 Å². The molecular formula is C33H31N2O4+. The third kappa shape index (κ3) is 7.14. The van der Waals surface area contributed by atoms with Gasteiger partial charge in [-0.05, 0) is 59.5 Å². The third-order valence-corrected chi connectivity index (χ3v) is 6.28. The van der Waals surface area contributed by atoms with Crippen LogP contribution in [-0.4, -0.2) is 32.4 Å². The number of aromatic nitrogens is 1. The molecule has 1 aromatic heterocycles. The minimum Gasteiger partial charge on any atom is -0.465 e. The summed E-state index contributed by atoms with van der Waals surface area (Å²) >= 11 is 0. The van der Waals surface area contributed by atoms with Crippen LogP contribution in [0.5, 0.6) is 0 Å². The molecule has 1 heterocycles. The Balaban J connectivity index is 1.47. The number of aliphatic imine (C=N–C) groups is 1. The Morgan fingerprint density at radius 3 is 1.90 bits per heavy atom. The van der Waals surface area contributed by atoms with E-state index < -0.39 is 0 Å².